The van der Waals surface area contributed by atoms with Crippen molar-refractivity contribution < 1.29 is 41.7 Å². The van der Waals surface area contributed by atoms with Gasteiger partial charge in [0.05, 0.1) is 43.4 Å². The number of amides is 2. The third-order valence-electron chi connectivity index (χ3n) is 7.29. The van der Waals surface area contributed by atoms with Crippen LogP contribution in [0.2, 0.25) is 5.02 Å². The zero-order valence-electron chi connectivity index (χ0n) is 24.0. The van der Waals surface area contributed by atoms with Crippen LogP contribution in [0.15, 0.2) is 42.6 Å². The van der Waals surface area contributed by atoms with E-state index in [-0.39, 0.29) is 51.6 Å². The summed E-state index contributed by atoms with van der Waals surface area (Å²) in [5, 5.41) is 18.1. The number of alkyl halides is 3. The zero-order chi connectivity index (χ0) is 32.7. The summed E-state index contributed by atoms with van der Waals surface area (Å²) in [6.07, 6.45) is -2.35. The summed E-state index contributed by atoms with van der Waals surface area (Å²) in [5.41, 5.74) is 0.556. The molecule has 15 heteroatoms. The quantitative estimate of drug-likeness (QED) is 0.198. The molecule has 0 saturated heterocycles. The predicted molar refractivity (Wildman–Crippen MR) is 156 cm³/mol. The van der Waals surface area contributed by atoms with Crippen molar-refractivity contribution in [3.63, 3.8) is 0 Å². The molecular formula is C30H28ClF4N5O5. The van der Waals surface area contributed by atoms with Gasteiger partial charge in [0.2, 0.25) is 11.5 Å². The molecule has 1 fully saturated rings. The van der Waals surface area contributed by atoms with E-state index in [1.165, 1.54) is 31.4 Å². The van der Waals surface area contributed by atoms with Crippen LogP contribution in [-0.4, -0.2) is 58.1 Å². The number of carbonyl (C=O) groups is 2. The molecule has 5 rings (SSSR count). The lowest BCUT2D eigenvalue weighted by Gasteiger charge is -2.31. The molecule has 4 N–H and O–H groups in total. The summed E-state index contributed by atoms with van der Waals surface area (Å²) in [6, 6.07) is 7.23. The highest BCUT2D eigenvalue weighted by atomic mass is 35.5. The molecule has 45 heavy (non-hydrogen) atoms. The van der Waals surface area contributed by atoms with Gasteiger partial charge in [-0.1, -0.05) is 17.7 Å². The zero-order valence-corrected chi connectivity index (χ0v) is 24.8. The number of hydrogen-bond donors (Lipinski definition) is 3. The Hall–Kier alpha value is -4.43. The van der Waals surface area contributed by atoms with Crippen molar-refractivity contribution >= 4 is 34.3 Å². The molecule has 0 unspecified atom stereocenters. The molecule has 0 bridgehead atoms. The summed E-state index contributed by atoms with van der Waals surface area (Å²) >= 11 is 5.79. The van der Waals surface area contributed by atoms with E-state index < -0.39 is 48.1 Å². The maximum atomic E-state index is 14.7. The molecule has 2 amide bonds. The third-order valence-corrected chi connectivity index (χ3v) is 7.59. The van der Waals surface area contributed by atoms with E-state index in [9.17, 15) is 32.3 Å². The first-order chi connectivity index (χ1) is 21.2. The Morgan fingerprint density at radius 2 is 1.93 bits per heavy atom. The smallest absolute Gasteiger partial charge is 0.424 e. The Labute approximate surface area is 259 Å². The number of halogens is 5. The summed E-state index contributed by atoms with van der Waals surface area (Å²) in [4.78, 5) is 29.1. The second-order valence-corrected chi connectivity index (χ2v) is 11.0. The Morgan fingerprint density at radius 1 is 1.20 bits per heavy atom. The molecular weight excluding hydrogens is 622 g/mol. The number of primary amides is 1. The molecule has 1 aliphatic carbocycles. The largest absolute Gasteiger partial charge is 0.494 e. The van der Waals surface area contributed by atoms with Crippen LogP contribution in [0.3, 0.4) is 0 Å². The van der Waals surface area contributed by atoms with Gasteiger partial charge >= 0.3 is 6.18 Å². The maximum Gasteiger partial charge on any atom is 0.424 e. The number of ether oxygens (including phenoxy) is 2. The van der Waals surface area contributed by atoms with Gasteiger partial charge in [-0.3, -0.25) is 14.3 Å². The molecule has 1 aliphatic rings. The molecule has 0 radical (unpaired) electrons. The lowest BCUT2D eigenvalue weighted by atomic mass is 9.93. The highest BCUT2D eigenvalue weighted by Gasteiger charge is 2.56. The number of rotatable bonds is 11. The van der Waals surface area contributed by atoms with Crippen molar-refractivity contribution in [3.05, 3.63) is 70.3 Å². The Balaban J connectivity index is 1.56. The van der Waals surface area contributed by atoms with Gasteiger partial charge in [-0.05, 0) is 50.1 Å². The van der Waals surface area contributed by atoms with Gasteiger partial charge in [-0.2, -0.15) is 18.3 Å². The van der Waals surface area contributed by atoms with E-state index in [4.69, 9.17) is 26.8 Å². The van der Waals surface area contributed by atoms with Crippen LogP contribution in [0, 0.1) is 5.82 Å². The molecule has 4 aromatic rings. The first kappa shape index (κ1) is 32.0. The van der Waals surface area contributed by atoms with E-state index in [1.54, 1.807) is 17.8 Å². The van der Waals surface area contributed by atoms with Gasteiger partial charge in [0, 0.05) is 28.3 Å². The number of aliphatic hydroxyl groups is 1. The first-order valence-corrected chi connectivity index (χ1v) is 14.2. The molecule has 238 valence electrons. The minimum Gasteiger partial charge on any atom is -0.494 e. The van der Waals surface area contributed by atoms with Crippen LogP contribution in [0.4, 0.5) is 17.6 Å². The van der Waals surface area contributed by atoms with Crippen molar-refractivity contribution in [3.8, 4) is 22.8 Å². The number of nitrogens with zero attached hydrogens (tertiary/aromatic N) is 3. The lowest BCUT2D eigenvalue weighted by Crippen LogP contribution is -2.51. The summed E-state index contributed by atoms with van der Waals surface area (Å²) in [7, 11) is 1.38. The third kappa shape index (κ3) is 6.38. The van der Waals surface area contributed by atoms with Gasteiger partial charge in [0.25, 0.3) is 5.91 Å². The second kappa shape index (κ2) is 12.2. The van der Waals surface area contributed by atoms with E-state index >= 15 is 0 Å². The van der Waals surface area contributed by atoms with E-state index in [1.807, 2.05) is 0 Å². The minimum atomic E-state index is -5.39. The van der Waals surface area contributed by atoms with E-state index in [0.717, 1.165) is 25.0 Å². The molecule has 2 aromatic heterocycles. The Morgan fingerprint density at radius 3 is 2.53 bits per heavy atom. The number of hydrogen-bond acceptors (Lipinski definition) is 7. The Kier molecular flexibility index (Phi) is 8.64. The average Bonchev–Trinajstić information content (AvgIpc) is 3.75. The molecule has 10 nitrogen and oxygen atoms in total. The standard InChI is InChI=1S/C30H28ClF4N5O5/c1-3-45-27-16(12-24(36)41)11-23(38-26(27)15-4-7-20(31)21(32)9-15)29(43,30(33,34)35)14-37-28(42)17-8-18-13-40(19-5-6-19)39-25(18)22(10-17)44-2/h4,7-11,13,19,43H,3,5-6,12,14H2,1-2H3,(H2,36,41)(H,37,42)/t29-/m0/s1. The molecule has 0 aliphatic heterocycles. The van der Waals surface area contributed by atoms with Crippen LogP contribution in [0.25, 0.3) is 22.2 Å². The fourth-order valence-electron chi connectivity index (χ4n) is 4.84. The van der Waals surface area contributed by atoms with Crippen LogP contribution in [0.1, 0.15) is 47.4 Å². The summed E-state index contributed by atoms with van der Waals surface area (Å²) in [5.74, 6) is -2.65. The van der Waals surface area contributed by atoms with Crippen LogP contribution < -0.4 is 20.5 Å². The molecule has 0 spiro atoms. The molecule has 2 heterocycles. The van der Waals surface area contributed by atoms with Crippen molar-refractivity contribution in [2.24, 2.45) is 5.73 Å². The SMILES string of the molecule is CCOc1c(CC(N)=O)cc([C@@](O)(CNC(=O)c2cc(OC)c3nn(C4CC4)cc3c2)C(F)(F)F)nc1-c1ccc(Cl)c(F)c1. The van der Waals surface area contributed by atoms with Crippen molar-refractivity contribution in [2.45, 2.75) is 44.0 Å². The number of carbonyl (C=O) groups excluding carboxylic acids is 2. The fourth-order valence-corrected chi connectivity index (χ4v) is 4.96. The van der Waals surface area contributed by atoms with Crippen LogP contribution >= 0.6 is 11.6 Å². The first-order valence-electron chi connectivity index (χ1n) is 13.8. The monoisotopic (exact) mass is 649 g/mol. The number of benzene rings is 2. The van der Waals surface area contributed by atoms with Crippen molar-refractivity contribution in [2.75, 3.05) is 20.3 Å². The van der Waals surface area contributed by atoms with Crippen LogP contribution in [-0.2, 0) is 16.8 Å². The number of nitrogens with one attached hydrogen (secondary N) is 1. The van der Waals surface area contributed by atoms with E-state index in [2.05, 4.69) is 15.4 Å². The van der Waals surface area contributed by atoms with Crippen molar-refractivity contribution in [1.29, 1.82) is 0 Å². The molecule has 1 atom stereocenters. The number of aromatic nitrogens is 3. The highest BCUT2D eigenvalue weighted by Crippen LogP contribution is 2.42. The van der Waals surface area contributed by atoms with Crippen molar-refractivity contribution in [1.82, 2.24) is 20.1 Å². The number of nitrogens with two attached hydrogens (primary N) is 1. The number of pyridine rings is 1. The minimum absolute atomic E-state index is 0.00280. The lowest BCUT2D eigenvalue weighted by molar-refractivity contribution is -0.265. The maximum absolute atomic E-state index is 14.7. The van der Waals surface area contributed by atoms with Gasteiger partial charge in [0.1, 0.15) is 28.5 Å². The van der Waals surface area contributed by atoms with Gasteiger partial charge in [-0.15, -0.1) is 0 Å². The van der Waals surface area contributed by atoms with E-state index in [0.29, 0.717) is 10.9 Å². The average molecular weight is 650 g/mol. The van der Waals surface area contributed by atoms with Crippen LogP contribution in [0.5, 0.6) is 11.5 Å². The second-order valence-electron chi connectivity index (χ2n) is 10.5. The normalized spacial score (nSPS) is 14.7. The molecule has 1 saturated carbocycles. The fraction of sp³-hybridized carbons (Fsp3) is 0.333. The molecule has 2 aromatic carbocycles. The topological polar surface area (TPSA) is 142 Å². The summed E-state index contributed by atoms with van der Waals surface area (Å²) < 4.78 is 71.2. The van der Waals surface area contributed by atoms with Gasteiger partial charge in [-0.25, -0.2) is 9.37 Å². The number of fused-ring (bicyclic) bond motifs is 1. The number of methoxy groups -OCH3 is 1. The summed E-state index contributed by atoms with van der Waals surface area (Å²) in [6.45, 7) is 0.213. The van der Waals surface area contributed by atoms with Gasteiger partial charge < -0.3 is 25.6 Å². The predicted octanol–water partition coefficient (Wildman–Crippen LogP) is 4.84. The Bertz CT molecular complexity index is 1790. The van der Waals surface area contributed by atoms with Gasteiger partial charge in [0.15, 0.2) is 0 Å². The highest BCUT2D eigenvalue weighted by molar-refractivity contribution is 6.30.